The lowest BCUT2D eigenvalue weighted by Crippen LogP contribution is -2.22. The summed E-state index contributed by atoms with van der Waals surface area (Å²) in [6.45, 7) is 1.93. The maximum Gasteiger partial charge on any atom is 0.243 e. The average molecular weight is 293 g/mol. The zero-order valence-electron chi connectivity index (χ0n) is 10.9. The van der Waals surface area contributed by atoms with E-state index in [1.54, 1.807) is 0 Å². The summed E-state index contributed by atoms with van der Waals surface area (Å²) in [5.74, 6) is -0.703. The number of carbonyl (C=O) groups is 1. The van der Waals surface area contributed by atoms with Crippen LogP contribution >= 0.6 is 11.6 Å². The molecular weight excluding hydrogens is 279 g/mol. The van der Waals surface area contributed by atoms with Crippen LogP contribution in [-0.2, 0) is 4.79 Å². The number of amides is 1. The summed E-state index contributed by atoms with van der Waals surface area (Å²) >= 11 is 5.77. The molecule has 0 heterocycles. The molecule has 2 aromatic carbocycles. The Balaban J connectivity index is 1.92. The summed E-state index contributed by atoms with van der Waals surface area (Å²) in [5, 5.41) is 5.84. The number of nitrogens with one attached hydrogen (secondary N) is 2. The molecule has 0 saturated heterocycles. The fourth-order valence-corrected chi connectivity index (χ4v) is 1.82. The Kier molecular flexibility index (Phi) is 4.58. The van der Waals surface area contributed by atoms with Crippen molar-refractivity contribution in [2.45, 2.75) is 6.92 Å². The number of hydrogen-bond donors (Lipinski definition) is 2. The standard InChI is InChI=1S/C15H14ClFN2O/c1-10-2-5-12(6-3-10)19-15(20)9-18-14-8-11(16)4-7-13(14)17/h2-8,18H,9H2,1H3,(H,19,20). The van der Waals surface area contributed by atoms with Crippen LogP contribution in [0.25, 0.3) is 0 Å². The SMILES string of the molecule is Cc1ccc(NC(=O)CNc2cc(Cl)ccc2F)cc1. The summed E-state index contributed by atoms with van der Waals surface area (Å²) < 4.78 is 13.4. The molecule has 5 heteroatoms. The van der Waals surface area contributed by atoms with Gasteiger partial charge in [0.1, 0.15) is 5.82 Å². The average Bonchev–Trinajstić information content (AvgIpc) is 2.42. The first-order valence-corrected chi connectivity index (χ1v) is 6.48. The van der Waals surface area contributed by atoms with Gasteiger partial charge < -0.3 is 10.6 Å². The lowest BCUT2D eigenvalue weighted by Gasteiger charge is -2.09. The third-order valence-corrected chi connectivity index (χ3v) is 2.94. The molecule has 0 bridgehead atoms. The summed E-state index contributed by atoms with van der Waals surface area (Å²) in [4.78, 5) is 11.7. The van der Waals surface area contributed by atoms with Crippen molar-refractivity contribution in [2.75, 3.05) is 17.2 Å². The van der Waals surface area contributed by atoms with Gasteiger partial charge in [0.25, 0.3) is 0 Å². The molecule has 2 rings (SSSR count). The highest BCUT2D eigenvalue weighted by atomic mass is 35.5. The van der Waals surface area contributed by atoms with E-state index in [4.69, 9.17) is 11.6 Å². The van der Waals surface area contributed by atoms with Crippen LogP contribution in [0, 0.1) is 12.7 Å². The van der Waals surface area contributed by atoms with E-state index in [0.717, 1.165) is 5.56 Å². The molecule has 0 fully saturated rings. The minimum Gasteiger partial charge on any atom is -0.374 e. The zero-order chi connectivity index (χ0) is 14.5. The Labute approximate surface area is 121 Å². The second-order valence-corrected chi connectivity index (χ2v) is 4.83. The second-order valence-electron chi connectivity index (χ2n) is 4.39. The van der Waals surface area contributed by atoms with Gasteiger partial charge in [0.15, 0.2) is 0 Å². The van der Waals surface area contributed by atoms with Crippen molar-refractivity contribution in [3.8, 4) is 0 Å². The number of hydrogen-bond acceptors (Lipinski definition) is 2. The topological polar surface area (TPSA) is 41.1 Å². The van der Waals surface area contributed by atoms with Gasteiger partial charge in [0.2, 0.25) is 5.91 Å². The summed E-state index contributed by atoms with van der Waals surface area (Å²) in [6, 6.07) is 11.6. The van der Waals surface area contributed by atoms with Gasteiger partial charge in [-0.2, -0.15) is 0 Å². The summed E-state index contributed by atoms with van der Waals surface area (Å²) in [7, 11) is 0. The van der Waals surface area contributed by atoms with E-state index < -0.39 is 5.82 Å². The Bertz CT molecular complexity index is 614. The molecule has 2 N–H and O–H groups in total. The molecule has 0 aliphatic heterocycles. The van der Waals surface area contributed by atoms with Gasteiger partial charge in [-0.25, -0.2) is 4.39 Å². The van der Waals surface area contributed by atoms with E-state index in [1.165, 1.54) is 18.2 Å². The zero-order valence-corrected chi connectivity index (χ0v) is 11.7. The summed E-state index contributed by atoms with van der Waals surface area (Å²) in [6.07, 6.45) is 0. The van der Waals surface area contributed by atoms with Gasteiger partial charge in [-0.1, -0.05) is 29.3 Å². The van der Waals surface area contributed by atoms with Crippen LogP contribution in [0.4, 0.5) is 15.8 Å². The Hall–Kier alpha value is -2.07. The van der Waals surface area contributed by atoms with Crippen LogP contribution < -0.4 is 10.6 Å². The van der Waals surface area contributed by atoms with Crippen molar-refractivity contribution >= 4 is 28.9 Å². The molecule has 104 valence electrons. The Morgan fingerprint density at radius 2 is 1.90 bits per heavy atom. The lowest BCUT2D eigenvalue weighted by atomic mass is 10.2. The van der Waals surface area contributed by atoms with Gasteiger partial charge in [0, 0.05) is 10.7 Å². The van der Waals surface area contributed by atoms with Gasteiger partial charge in [-0.3, -0.25) is 4.79 Å². The van der Waals surface area contributed by atoms with E-state index in [2.05, 4.69) is 10.6 Å². The van der Waals surface area contributed by atoms with E-state index in [0.29, 0.717) is 10.7 Å². The maximum absolute atomic E-state index is 13.4. The molecule has 3 nitrogen and oxygen atoms in total. The molecule has 20 heavy (non-hydrogen) atoms. The molecule has 0 radical (unpaired) electrons. The predicted molar refractivity (Wildman–Crippen MR) is 79.7 cm³/mol. The highest BCUT2D eigenvalue weighted by Crippen LogP contribution is 2.19. The Morgan fingerprint density at radius 1 is 1.20 bits per heavy atom. The van der Waals surface area contributed by atoms with Crippen LogP contribution in [-0.4, -0.2) is 12.5 Å². The lowest BCUT2D eigenvalue weighted by molar-refractivity contribution is -0.114. The van der Waals surface area contributed by atoms with Gasteiger partial charge in [0.05, 0.1) is 12.2 Å². The number of carbonyl (C=O) groups excluding carboxylic acids is 1. The first-order chi connectivity index (χ1) is 9.54. The number of aryl methyl sites for hydroxylation is 1. The van der Waals surface area contributed by atoms with Gasteiger partial charge in [-0.05, 0) is 37.3 Å². The molecule has 2 aromatic rings. The molecule has 0 aromatic heterocycles. The third-order valence-electron chi connectivity index (χ3n) is 2.70. The predicted octanol–water partition coefficient (Wildman–Crippen LogP) is 3.84. The molecule has 0 aliphatic carbocycles. The van der Waals surface area contributed by atoms with E-state index >= 15 is 0 Å². The quantitative estimate of drug-likeness (QED) is 0.899. The molecule has 1 amide bonds. The van der Waals surface area contributed by atoms with E-state index in [-0.39, 0.29) is 18.1 Å². The molecule has 0 unspecified atom stereocenters. The molecule has 0 spiro atoms. The van der Waals surface area contributed by atoms with Crippen molar-refractivity contribution < 1.29 is 9.18 Å². The largest absolute Gasteiger partial charge is 0.374 e. The highest BCUT2D eigenvalue weighted by molar-refractivity contribution is 6.30. The molecule has 0 saturated carbocycles. The Morgan fingerprint density at radius 3 is 2.60 bits per heavy atom. The normalized spacial score (nSPS) is 10.2. The van der Waals surface area contributed by atoms with Crippen molar-refractivity contribution in [3.63, 3.8) is 0 Å². The highest BCUT2D eigenvalue weighted by Gasteiger charge is 2.06. The number of rotatable bonds is 4. The smallest absolute Gasteiger partial charge is 0.243 e. The monoisotopic (exact) mass is 292 g/mol. The number of benzene rings is 2. The van der Waals surface area contributed by atoms with Crippen molar-refractivity contribution in [1.29, 1.82) is 0 Å². The molecule has 0 atom stereocenters. The minimum atomic E-state index is -0.447. The summed E-state index contributed by atoms with van der Waals surface area (Å²) in [5.41, 5.74) is 2.02. The van der Waals surface area contributed by atoms with Gasteiger partial charge >= 0.3 is 0 Å². The van der Waals surface area contributed by atoms with Crippen LogP contribution in [0.15, 0.2) is 42.5 Å². The van der Waals surface area contributed by atoms with Crippen LogP contribution in [0.2, 0.25) is 5.02 Å². The van der Waals surface area contributed by atoms with Crippen LogP contribution in [0.1, 0.15) is 5.56 Å². The van der Waals surface area contributed by atoms with E-state index in [9.17, 15) is 9.18 Å². The van der Waals surface area contributed by atoms with Crippen LogP contribution in [0.3, 0.4) is 0 Å². The van der Waals surface area contributed by atoms with Crippen molar-refractivity contribution in [3.05, 3.63) is 58.9 Å². The number of anilines is 2. The van der Waals surface area contributed by atoms with Crippen molar-refractivity contribution in [1.82, 2.24) is 0 Å². The fourth-order valence-electron chi connectivity index (χ4n) is 1.65. The molecular formula is C15H14ClFN2O. The first kappa shape index (κ1) is 14.3. The number of halogens is 2. The van der Waals surface area contributed by atoms with Crippen molar-refractivity contribution in [2.24, 2.45) is 0 Å². The maximum atomic E-state index is 13.4. The van der Waals surface area contributed by atoms with Crippen LogP contribution in [0.5, 0.6) is 0 Å². The minimum absolute atomic E-state index is 0.0366. The molecule has 0 aliphatic rings. The third kappa shape index (κ3) is 3.96. The first-order valence-electron chi connectivity index (χ1n) is 6.10. The fraction of sp³-hybridized carbons (Fsp3) is 0.133. The van der Waals surface area contributed by atoms with Gasteiger partial charge in [-0.15, -0.1) is 0 Å². The second kappa shape index (κ2) is 6.39. The van der Waals surface area contributed by atoms with E-state index in [1.807, 2.05) is 31.2 Å².